The first-order valence-electron chi connectivity index (χ1n) is 8.92. The van der Waals surface area contributed by atoms with Gasteiger partial charge in [-0.2, -0.15) is 0 Å². The standard InChI is InChI=1S/C20H30O3/c1-19(2)10-4-11-20(3)17(7-5-15(13-22)9-12-21)16(14-23)6-8-18(19)20/h5,12-14,16-18H,4,6-11H2,1-3H3/b15-5+/t16-,17+,18+,20-/m1/s1. The summed E-state index contributed by atoms with van der Waals surface area (Å²) in [6.45, 7) is 7.09. The SMILES string of the molecule is CC1(C)CCC[C@]2(C)[C@@H](C/C=C(/C=O)CC=O)[C@@H](C=O)CC[C@@H]12. The van der Waals surface area contributed by atoms with Crippen LogP contribution < -0.4 is 0 Å². The van der Waals surface area contributed by atoms with Gasteiger partial charge in [0.25, 0.3) is 0 Å². The molecule has 2 aliphatic carbocycles. The van der Waals surface area contributed by atoms with Gasteiger partial charge in [0.05, 0.1) is 0 Å². The summed E-state index contributed by atoms with van der Waals surface area (Å²) in [6.07, 6.45) is 11.2. The highest BCUT2D eigenvalue weighted by Gasteiger charge is 2.54. The zero-order valence-electron chi connectivity index (χ0n) is 14.7. The molecule has 0 bridgehead atoms. The molecule has 0 spiro atoms. The predicted molar refractivity (Wildman–Crippen MR) is 91.0 cm³/mol. The number of fused-ring (bicyclic) bond motifs is 1. The van der Waals surface area contributed by atoms with Crippen LogP contribution in [0.5, 0.6) is 0 Å². The zero-order valence-corrected chi connectivity index (χ0v) is 14.7. The van der Waals surface area contributed by atoms with Crippen LogP contribution in [0.1, 0.15) is 65.7 Å². The van der Waals surface area contributed by atoms with Crippen LogP contribution in [0.3, 0.4) is 0 Å². The van der Waals surface area contributed by atoms with Gasteiger partial charge in [0, 0.05) is 12.3 Å². The van der Waals surface area contributed by atoms with Crippen molar-refractivity contribution in [2.24, 2.45) is 28.6 Å². The van der Waals surface area contributed by atoms with E-state index in [1.165, 1.54) is 12.8 Å². The molecule has 0 heterocycles. The van der Waals surface area contributed by atoms with Gasteiger partial charge >= 0.3 is 0 Å². The molecule has 128 valence electrons. The largest absolute Gasteiger partial charge is 0.303 e. The highest BCUT2D eigenvalue weighted by Crippen LogP contribution is 2.61. The highest BCUT2D eigenvalue weighted by molar-refractivity contribution is 5.78. The van der Waals surface area contributed by atoms with Crippen LogP contribution in [-0.4, -0.2) is 18.9 Å². The lowest BCUT2D eigenvalue weighted by Gasteiger charge is -2.58. The lowest BCUT2D eigenvalue weighted by Crippen LogP contribution is -2.51. The number of allylic oxidation sites excluding steroid dienone is 2. The fourth-order valence-corrected chi connectivity index (χ4v) is 5.54. The van der Waals surface area contributed by atoms with E-state index >= 15 is 0 Å². The van der Waals surface area contributed by atoms with E-state index in [1.807, 2.05) is 6.08 Å². The average Bonchev–Trinajstić information content (AvgIpc) is 2.50. The molecule has 0 N–H and O–H groups in total. The summed E-state index contributed by atoms with van der Waals surface area (Å²) in [5.41, 5.74) is 1.02. The van der Waals surface area contributed by atoms with Gasteiger partial charge in [-0.1, -0.05) is 33.3 Å². The molecule has 0 aromatic carbocycles. The van der Waals surface area contributed by atoms with Crippen LogP contribution in [0.4, 0.5) is 0 Å². The van der Waals surface area contributed by atoms with Gasteiger partial charge in [-0.25, -0.2) is 0 Å². The molecule has 4 atom stereocenters. The minimum absolute atomic E-state index is 0.0746. The Kier molecular flexibility index (Phi) is 5.59. The second-order valence-electron chi connectivity index (χ2n) is 8.39. The molecule has 0 saturated heterocycles. The van der Waals surface area contributed by atoms with Crippen molar-refractivity contribution in [2.75, 3.05) is 0 Å². The first-order chi connectivity index (χ1) is 10.9. The zero-order chi connectivity index (χ0) is 17.1. The Bertz CT molecular complexity index is 491. The van der Waals surface area contributed by atoms with Gasteiger partial charge in [-0.15, -0.1) is 0 Å². The lowest BCUT2D eigenvalue weighted by atomic mass is 9.46. The Morgan fingerprint density at radius 3 is 2.43 bits per heavy atom. The number of hydrogen-bond donors (Lipinski definition) is 0. The molecule has 0 aromatic rings. The average molecular weight is 318 g/mol. The normalized spacial score (nSPS) is 36.8. The van der Waals surface area contributed by atoms with Gasteiger partial charge in [0.1, 0.15) is 18.9 Å². The molecule has 0 aromatic heterocycles. The van der Waals surface area contributed by atoms with E-state index in [2.05, 4.69) is 20.8 Å². The third kappa shape index (κ3) is 3.49. The van der Waals surface area contributed by atoms with E-state index in [1.54, 1.807) is 0 Å². The van der Waals surface area contributed by atoms with Crippen molar-refractivity contribution >= 4 is 18.9 Å². The van der Waals surface area contributed by atoms with Gasteiger partial charge < -0.3 is 9.59 Å². The van der Waals surface area contributed by atoms with E-state index < -0.39 is 0 Å². The summed E-state index contributed by atoms with van der Waals surface area (Å²) in [6, 6.07) is 0. The van der Waals surface area contributed by atoms with Crippen molar-refractivity contribution in [1.29, 1.82) is 0 Å². The van der Waals surface area contributed by atoms with Crippen LogP contribution in [0.2, 0.25) is 0 Å². The first kappa shape index (κ1) is 18.1. The molecule has 2 saturated carbocycles. The molecule has 0 amide bonds. The summed E-state index contributed by atoms with van der Waals surface area (Å²) >= 11 is 0. The monoisotopic (exact) mass is 318 g/mol. The molecule has 2 rings (SSSR count). The number of carbonyl (C=O) groups is 3. The van der Waals surface area contributed by atoms with Crippen molar-refractivity contribution in [3.8, 4) is 0 Å². The summed E-state index contributed by atoms with van der Waals surface area (Å²) in [4.78, 5) is 33.4. The second-order valence-corrected chi connectivity index (χ2v) is 8.39. The molecule has 23 heavy (non-hydrogen) atoms. The fraction of sp³-hybridized carbons (Fsp3) is 0.750. The molecule has 3 heteroatoms. The third-order valence-electron chi connectivity index (χ3n) is 6.71. The Morgan fingerprint density at radius 2 is 1.83 bits per heavy atom. The van der Waals surface area contributed by atoms with Crippen LogP contribution in [0.15, 0.2) is 11.6 Å². The van der Waals surface area contributed by atoms with Gasteiger partial charge in [-0.05, 0) is 60.3 Å². The van der Waals surface area contributed by atoms with Crippen molar-refractivity contribution < 1.29 is 14.4 Å². The van der Waals surface area contributed by atoms with Crippen molar-refractivity contribution in [3.05, 3.63) is 11.6 Å². The molecule has 0 aliphatic heterocycles. The number of carbonyl (C=O) groups excluding carboxylic acids is 3. The smallest absolute Gasteiger partial charge is 0.146 e. The Morgan fingerprint density at radius 1 is 1.09 bits per heavy atom. The molecule has 2 aliphatic rings. The molecule has 3 nitrogen and oxygen atoms in total. The second kappa shape index (κ2) is 7.11. The Balaban J connectivity index is 2.30. The van der Waals surface area contributed by atoms with Crippen LogP contribution >= 0.6 is 0 Å². The van der Waals surface area contributed by atoms with E-state index in [4.69, 9.17) is 0 Å². The number of hydrogen-bond acceptors (Lipinski definition) is 3. The summed E-state index contributed by atoms with van der Waals surface area (Å²) < 4.78 is 0. The van der Waals surface area contributed by atoms with Crippen LogP contribution in [0, 0.1) is 28.6 Å². The lowest BCUT2D eigenvalue weighted by molar-refractivity contribution is -0.128. The van der Waals surface area contributed by atoms with E-state index in [9.17, 15) is 14.4 Å². The number of rotatable bonds is 6. The van der Waals surface area contributed by atoms with Gasteiger partial charge in [0.2, 0.25) is 0 Å². The fourth-order valence-electron chi connectivity index (χ4n) is 5.54. The maximum Gasteiger partial charge on any atom is 0.146 e. The maximum absolute atomic E-state index is 11.6. The van der Waals surface area contributed by atoms with Crippen LogP contribution in [0.25, 0.3) is 0 Å². The van der Waals surface area contributed by atoms with Gasteiger partial charge in [-0.3, -0.25) is 4.79 Å². The number of aldehydes is 3. The predicted octanol–water partition coefficient (Wildman–Crippen LogP) is 4.15. The molecule has 0 unspecified atom stereocenters. The Labute approximate surface area is 139 Å². The van der Waals surface area contributed by atoms with Crippen molar-refractivity contribution in [2.45, 2.75) is 65.7 Å². The minimum atomic E-state index is 0.0746. The van der Waals surface area contributed by atoms with E-state index in [0.717, 1.165) is 44.5 Å². The highest BCUT2D eigenvalue weighted by atomic mass is 16.1. The molecular weight excluding hydrogens is 288 g/mol. The van der Waals surface area contributed by atoms with E-state index in [-0.39, 0.29) is 23.7 Å². The quantitative estimate of drug-likeness (QED) is 0.546. The molecule has 2 fully saturated rings. The van der Waals surface area contributed by atoms with Crippen molar-refractivity contribution in [1.82, 2.24) is 0 Å². The summed E-state index contributed by atoms with van der Waals surface area (Å²) in [5, 5.41) is 0. The Hall–Kier alpha value is -1.25. The third-order valence-corrected chi connectivity index (χ3v) is 6.71. The summed E-state index contributed by atoms with van der Waals surface area (Å²) in [5.74, 6) is 0.981. The van der Waals surface area contributed by atoms with Crippen molar-refractivity contribution in [3.63, 3.8) is 0 Å². The molecule has 0 radical (unpaired) electrons. The molecular formula is C20H30O3. The summed E-state index contributed by atoms with van der Waals surface area (Å²) in [7, 11) is 0. The van der Waals surface area contributed by atoms with E-state index in [0.29, 0.717) is 16.9 Å². The van der Waals surface area contributed by atoms with Crippen LogP contribution in [-0.2, 0) is 14.4 Å². The maximum atomic E-state index is 11.6. The van der Waals surface area contributed by atoms with Gasteiger partial charge in [0.15, 0.2) is 0 Å². The topological polar surface area (TPSA) is 51.2 Å². The minimum Gasteiger partial charge on any atom is -0.303 e. The first-order valence-corrected chi connectivity index (χ1v) is 8.92.